The number of nitro groups is 1. The number of non-ortho nitro benzene ring substituents is 1. The zero-order valence-electron chi connectivity index (χ0n) is 11.5. The third-order valence-electron chi connectivity index (χ3n) is 3.64. The monoisotopic (exact) mass is 314 g/mol. The highest BCUT2D eigenvalue weighted by molar-refractivity contribution is 7.89. The van der Waals surface area contributed by atoms with Gasteiger partial charge in [0.05, 0.1) is 11.5 Å². The van der Waals surface area contributed by atoms with Gasteiger partial charge in [-0.25, -0.2) is 13.6 Å². The van der Waals surface area contributed by atoms with Crippen LogP contribution in [0.5, 0.6) is 5.75 Å². The standard InChI is InChI=1S/C13H18N2O5S/c14-21(18,19)13-8-11(15(16)17)6-7-12(13)20-9-10-4-2-1-3-5-10/h6-8,10H,1-5,9H2,(H2,14,18,19). The number of nitro benzene ring substituents is 1. The molecule has 0 bridgehead atoms. The van der Waals surface area contributed by atoms with Crippen molar-refractivity contribution in [3.05, 3.63) is 28.3 Å². The number of benzene rings is 1. The fourth-order valence-electron chi connectivity index (χ4n) is 2.51. The largest absolute Gasteiger partial charge is 0.492 e. The van der Waals surface area contributed by atoms with Crippen molar-refractivity contribution in [2.75, 3.05) is 6.61 Å². The van der Waals surface area contributed by atoms with Crippen LogP contribution in [0.25, 0.3) is 0 Å². The lowest BCUT2D eigenvalue weighted by Crippen LogP contribution is -2.18. The molecule has 1 saturated carbocycles. The number of nitrogens with two attached hydrogens (primary N) is 1. The van der Waals surface area contributed by atoms with Crippen molar-refractivity contribution < 1.29 is 18.1 Å². The Morgan fingerprint density at radius 1 is 1.29 bits per heavy atom. The minimum atomic E-state index is -4.07. The van der Waals surface area contributed by atoms with E-state index < -0.39 is 14.9 Å². The van der Waals surface area contributed by atoms with E-state index in [2.05, 4.69) is 0 Å². The van der Waals surface area contributed by atoms with Crippen LogP contribution in [0.3, 0.4) is 0 Å². The molecule has 0 unspecified atom stereocenters. The lowest BCUT2D eigenvalue weighted by atomic mass is 9.90. The maximum absolute atomic E-state index is 11.6. The summed E-state index contributed by atoms with van der Waals surface area (Å²) in [6.45, 7) is 0.403. The van der Waals surface area contributed by atoms with Gasteiger partial charge in [-0.3, -0.25) is 10.1 Å². The smallest absolute Gasteiger partial charge is 0.271 e. The predicted molar refractivity (Wildman–Crippen MR) is 76.5 cm³/mol. The average Bonchev–Trinajstić information content (AvgIpc) is 2.45. The van der Waals surface area contributed by atoms with Crippen LogP contribution in [0, 0.1) is 16.0 Å². The Kier molecular flexibility index (Phi) is 4.79. The molecule has 7 nitrogen and oxygen atoms in total. The minimum Gasteiger partial charge on any atom is -0.492 e. The Morgan fingerprint density at radius 2 is 1.95 bits per heavy atom. The highest BCUT2D eigenvalue weighted by Crippen LogP contribution is 2.30. The van der Waals surface area contributed by atoms with Crippen molar-refractivity contribution in [1.29, 1.82) is 0 Å². The topological polar surface area (TPSA) is 113 Å². The van der Waals surface area contributed by atoms with Crippen molar-refractivity contribution in [1.82, 2.24) is 0 Å². The van der Waals surface area contributed by atoms with Gasteiger partial charge in [-0.05, 0) is 24.8 Å². The molecule has 0 amide bonds. The zero-order chi connectivity index (χ0) is 15.5. The van der Waals surface area contributed by atoms with Gasteiger partial charge in [0, 0.05) is 12.1 Å². The Balaban J connectivity index is 2.19. The summed E-state index contributed by atoms with van der Waals surface area (Å²) >= 11 is 0. The van der Waals surface area contributed by atoms with Gasteiger partial charge in [-0.15, -0.1) is 0 Å². The van der Waals surface area contributed by atoms with Crippen LogP contribution < -0.4 is 9.88 Å². The number of primary sulfonamides is 1. The molecule has 2 rings (SSSR count). The molecule has 1 aliphatic carbocycles. The highest BCUT2D eigenvalue weighted by atomic mass is 32.2. The maximum Gasteiger partial charge on any atom is 0.271 e. The molecule has 116 valence electrons. The second-order valence-electron chi connectivity index (χ2n) is 5.25. The Bertz CT molecular complexity index is 623. The van der Waals surface area contributed by atoms with E-state index in [1.807, 2.05) is 0 Å². The Labute approximate surface area is 123 Å². The van der Waals surface area contributed by atoms with Crippen molar-refractivity contribution >= 4 is 15.7 Å². The summed E-state index contributed by atoms with van der Waals surface area (Å²) in [5.41, 5.74) is -0.330. The van der Waals surface area contributed by atoms with Gasteiger partial charge in [0.2, 0.25) is 10.0 Å². The maximum atomic E-state index is 11.6. The molecule has 1 fully saturated rings. The molecular weight excluding hydrogens is 296 g/mol. The molecular formula is C13H18N2O5S. The number of rotatable bonds is 5. The fraction of sp³-hybridized carbons (Fsp3) is 0.538. The van der Waals surface area contributed by atoms with Gasteiger partial charge in [-0.1, -0.05) is 19.3 Å². The predicted octanol–water partition coefficient (Wildman–Crippen LogP) is 2.20. The second kappa shape index (κ2) is 6.40. The van der Waals surface area contributed by atoms with E-state index in [0.29, 0.717) is 12.5 Å². The third-order valence-corrected chi connectivity index (χ3v) is 4.58. The van der Waals surface area contributed by atoms with Crippen LogP contribution in [0.1, 0.15) is 32.1 Å². The van der Waals surface area contributed by atoms with E-state index >= 15 is 0 Å². The molecule has 1 aromatic rings. The first kappa shape index (κ1) is 15.7. The summed E-state index contributed by atoms with van der Waals surface area (Å²) in [6, 6.07) is 3.44. The van der Waals surface area contributed by atoms with Crippen molar-refractivity contribution in [3.63, 3.8) is 0 Å². The van der Waals surface area contributed by atoms with E-state index in [0.717, 1.165) is 31.7 Å². The third kappa shape index (κ3) is 4.15. The van der Waals surface area contributed by atoms with E-state index in [1.54, 1.807) is 0 Å². The Morgan fingerprint density at radius 3 is 2.52 bits per heavy atom. The Hall–Kier alpha value is -1.67. The summed E-state index contributed by atoms with van der Waals surface area (Å²) in [4.78, 5) is 9.72. The second-order valence-corrected chi connectivity index (χ2v) is 6.78. The number of hydrogen-bond donors (Lipinski definition) is 1. The zero-order valence-corrected chi connectivity index (χ0v) is 12.3. The molecule has 0 atom stereocenters. The molecule has 0 aromatic heterocycles. The number of ether oxygens (including phenoxy) is 1. The van der Waals surface area contributed by atoms with Crippen LogP contribution in [0.2, 0.25) is 0 Å². The number of hydrogen-bond acceptors (Lipinski definition) is 5. The quantitative estimate of drug-likeness (QED) is 0.661. The summed E-state index contributed by atoms with van der Waals surface area (Å²) in [5.74, 6) is 0.468. The van der Waals surface area contributed by atoms with Gasteiger partial charge in [0.25, 0.3) is 5.69 Å². The lowest BCUT2D eigenvalue weighted by Gasteiger charge is -2.22. The molecule has 2 N–H and O–H groups in total. The summed E-state index contributed by atoms with van der Waals surface area (Å²) in [5, 5.41) is 15.8. The number of nitrogens with zero attached hydrogens (tertiary/aromatic N) is 1. The molecule has 0 radical (unpaired) electrons. The van der Waals surface area contributed by atoms with E-state index in [9.17, 15) is 18.5 Å². The molecule has 0 spiro atoms. The SMILES string of the molecule is NS(=O)(=O)c1cc([N+](=O)[O-])ccc1OCC1CCCCC1. The summed E-state index contributed by atoms with van der Waals surface area (Å²) in [6.07, 6.45) is 5.62. The molecule has 8 heteroatoms. The molecule has 0 saturated heterocycles. The molecule has 0 aliphatic heterocycles. The van der Waals surface area contributed by atoms with Crippen LogP contribution in [0.4, 0.5) is 5.69 Å². The van der Waals surface area contributed by atoms with Gasteiger partial charge < -0.3 is 4.74 Å². The van der Waals surface area contributed by atoms with Gasteiger partial charge in [0.1, 0.15) is 10.6 Å². The molecule has 21 heavy (non-hydrogen) atoms. The average molecular weight is 314 g/mol. The van der Waals surface area contributed by atoms with Crippen molar-refractivity contribution in [2.24, 2.45) is 11.1 Å². The first-order valence-electron chi connectivity index (χ1n) is 6.82. The van der Waals surface area contributed by atoms with Crippen LogP contribution >= 0.6 is 0 Å². The first-order valence-corrected chi connectivity index (χ1v) is 8.36. The van der Waals surface area contributed by atoms with E-state index in [1.165, 1.54) is 18.6 Å². The summed E-state index contributed by atoms with van der Waals surface area (Å²) in [7, 11) is -4.07. The number of sulfonamides is 1. The highest BCUT2D eigenvalue weighted by Gasteiger charge is 2.21. The van der Waals surface area contributed by atoms with Gasteiger partial charge >= 0.3 is 0 Å². The van der Waals surface area contributed by atoms with E-state index in [4.69, 9.17) is 9.88 Å². The normalized spacial score (nSPS) is 16.6. The van der Waals surface area contributed by atoms with Crippen LogP contribution in [-0.4, -0.2) is 19.9 Å². The molecule has 1 aliphatic rings. The van der Waals surface area contributed by atoms with Crippen LogP contribution in [-0.2, 0) is 10.0 Å². The fourth-order valence-corrected chi connectivity index (χ4v) is 3.21. The van der Waals surface area contributed by atoms with E-state index in [-0.39, 0.29) is 16.3 Å². The summed E-state index contributed by atoms with van der Waals surface area (Å²) < 4.78 is 28.7. The van der Waals surface area contributed by atoms with Gasteiger partial charge in [-0.2, -0.15) is 0 Å². The lowest BCUT2D eigenvalue weighted by molar-refractivity contribution is -0.385. The van der Waals surface area contributed by atoms with Crippen molar-refractivity contribution in [3.8, 4) is 5.75 Å². The minimum absolute atomic E-state index is 0.0775. The molecule has 1 aromatic carbocycles. The van der Waals surface area contributed by atoms with Gasteiger partial charge in [0.15, 0.2) is 0 Å². The first-order chi connectivity index (χ1) is 9.88. The van der Waals surface area contributed by atoms with Crippen LogP contribution in [0.15, 0.2) is 23.1 Å². The molecule has 0 heterocycles. The van der Waals surface area contributed by atoms with Crippen molar-refractivity contribution in [2.45, 2.75) is 37.0 Å².